The number of allylic oxidation sites excluding steroid dienone is 3. The molecule has 1 aromatic carbocycles. The molecule has 0 amide bonds. The van der Waals surface area contributed by atoms with Gasteiger partial charge in [0, 0.05) is 48.9 Å². The maximum atomic E-state index is 6.30. The van der Waals surface area contributed by atoms with Crippen LogP contribution < -0.4 is 15.8 Å². The van der Waals surface area contributed by atoms with Crippen molar-refractivity contribution in [2.45, 2.75) is 127 Å². The van der Waals surface area contributed by atoms with Crippen LogP contribution in [-0.4, -0.2) is 53.8 Å². The molecule has 1 aliphatic heterocycles. The third-order valence-corrected chi connectivity index (χ3v) is 8.94. The van der Waals surface area contributed by atoms with Crippen LogP contribution in [0.5, 0.6) is 0 Å². The minimum atomic E-state index is 0.109. The SMILES string of the molecule is C=Nc1cc(C2CCCCN2C(=C)c2cc(C)ccc2NSC)nn1/C=C(/C)CC(C)C(N)CNC.CC.CCC(C)C.CCC=CC(C)C. The second-order valence-electron chi connectivity index (χ2n) is 13.8. The number of aryl methyl sites for hydroxylation is 1. The highest BCUT2D eigenvalue weighted by molar-refractivity contribution is 7.99. The average Bonchev–Trinajstić information content (AvgIpc) is 3.51. The van der Waals surface area contributed by atoms with Crippen molar-refractivity contribution >= 4 is 42.1 Å². The van der Waals surface area contributed by atoms with Gasteiger partial charge in [-0.1, -0.05) is 117 Å². The number of hydrogen-bond donors (Lipinski definition) is 3. The maximum absolute atomic E-state index is 6.30. The van der Waals surface area contributed by atoms with Crippen molar-refractivity contribution in [1.29, 1.82) is 0 Å². The quantitative estimate of drug-likeness (QED) is 0.0970. The third-order valence-electron chi connectivity index (χ3n) is 8.52. The van der Waals surface area contributed by atoms with Gasteiger partial charge in [0.25, 0.3) is 0 Å². The molecule has 2 aromatic rings. The van der Waals surface area contributed by atoms with Crippen molar-refractivity contribution in [3.63, 3.8) is 0 Å². The van der Waals surface area contributed by atoms with Crippen LogP contribution >= 0.6 is 11.9 Å². The molecular formula is C42H75N7S. The van der Waals surface area contributed by atoms with E-state index in [2.05, 4.69) is 138 Å². The average molecular weight is 710 g/mol. The highest BCUT2D eigenvalue weighted by atomic mass is 32.2. The molecule has 0 radical (unpaired) electrons. The zero-order chi connectivity index (χ0) is 38.2. The fraction of sp³-hybridized carbons (Fsp3) is 0.619. The first-order chi connectivity index (χ1) is 23.8. The van der Waals surface area contributed by atoms with E-state index in [-0.39, 0.29) is 12.1 Å². The predicted octanol–water partition coefficient (Wildman–Crippen LogP) is 11.5. The summed E-state index contributed by atoms with van der Waals surface area (Å²) in [5, 5.41) is 8.16. The summed E-state index contributed by atoms with van der Waals surface area (Å²) in [6.45, 7) is 33.7. The Balaban J connectivity index is 0.00000145. The van der Waals surface area contributed by atoms with E-state index in [1.807, 2.05) is 31.8 Å². The van der Waals surface area contributed by atoms with Gasteiger partial charge in [-0.2, -0.15) is 5.10 Å². The van der Waals surface area contributed by atoms with Gasteiger partial charge in [0.15, 0.2) is 5.82 Å². The molecule has 4 N–H and O–H groups in total. The van der Waals surface area contributed by atoms with Crippen LogP contribution in [-0.2, 0) is 0 Å². The van der Waals surface area contributed by atoms with E-state index in [4.69, 9.17) is 10.8 Å². The molecule has 7 nitrogen and oxygen atoms in total. The minimum absolute atomic E-state index is 0.109. The summed E-state index contributed by atoms with van der Waals surface area (Å²) < 4.78 is 5.29. The van der Waals surface area contributed by atoms with E-state index in [1.54, 1.807) is 11.9 Å². The molecule has 1 aliphatic rings. The lowest BCUT2D eigenvalue weighted by atomic mass is 9.95. The van der Waals surface area contributed by atoms with E-state index in [0.717, 1.165) is 85.5 Å². The Hall–Kier alpha value is -2.81. The number of benzene rings is 1. The summed E-state index contributed by atoms with van der Waals surface area (Å²) in [6, 6.07) is 8.81. The van der Waals surface area contributed by atoms with E-state index in [0.29, 0.717) is 5.92 Å². The summed E-state index contributed by atoms with van der Waals surface area (Å²) in [5.41, 5.74) is 13.0. The lowest BCUT2D eigenvalue weighted by molar-refractivity contribution is 0.226. The molecule has 1 aromatic heterocycles. The zero-order valence-corrected chi connectivity index (χ0v) is 35.1. The van der Waals surface area contributed by atoms with Crippen molar-refractivity contribution in [3.8, 4) is 0 Å². The number of aliphatic imine (C=N–C) groups is 1. The van der Waals surface area contributed by atoms with Gasteiger partial charge in [0.1, 0.15) is 0 Å². The Bertz CT molecular complexity index is 1280. The van der Waals surface area contributed by atoms with Gasteiger partial charge in [-0.15, -0.1) is 0 Å². The Labute approximate surface area is 312 Å². The molecular weight excluding hydrogens is 635 g/mol. The van der Waals surface area contributed by atoms with Gasteiger partial charge in [-0.05, 0) is 89.6 Å². The second kappa shape index (κ2) is 26.9. The molecule has 8 heteroatoms. The molecule has 3 rings (SSSR count). The van der Waals surface area contributed by atoms with Crippen LogP contribution in [0, 0.1) is 24.7 Å². The molecule has 2 heterocycles. The Kier molecular flexibility index (Phi) is 25.4. The molecule has 0 aliphatic carbocycles. The number of hydrogen-bond acceptors (Lipinski definition) is 7. The van der Waals surface area contributed by atoms with Gasteiger partial charge < -0.3 is 20.7 Å². The molecule has 284 valence electrons. The van der Waals surface area contributed by atoms with Crippen molar-refractivity contribution in [2.24, 2.45) is 28.5 Å². The number of aromatic nitrogens is 2. The number of nitrogens with zero attached hydrogens (tertiary/aromatic N) is 4. The van der Waals surface area contributed by atoms with Crippen LogP contribution in [0.4, 0.5) is 11.5 Å². The van der Waals surface area contributed by atoms with Gasteiger partial charge in [-0.25, -0.2) is 9.67 Å². The monoisotopic (exact) mass is 710 g/mol. The molecule has 3 unspecified atom stereocenters. The Morgan fingerprint density at radius 3 is 2.32 bits per heavy atom. The number of nitrogens with one attached hydrogen (secondary N) is 2. The van der Waals surface area contributed by atoms with Crippen molar-refractivity contribution in [2.75, 3.05) is 31.1 Å². The third kappa shape index (κ3) is 17.4. The summed E-state index contributed by atoms with van der Waals surface area (Å²) in [4.78, 5) is 6.69. The molecule has 50 heavy (non-hydrogen) atoms. The Morgan fingerprint density at radius 1 is 1.14 bits per heavy atom. The number of piperidine rings is 1. The summed E-state index contributed by atoms with van der Waals surface area (Å²) in [6.07, 6.45) is 15.2. The second-order valence-corrected chi connectivity index (χ2v) is 14.4. The van der Waals surface area contributed by atoms with Crippen LogP contribution in [0.1, 0.15) is 131 Å². The van der Waals surface area contributed by atoms with Crippen LogP contribution in [0.2, 0.25) is 0 Å². The number of likely N-dealkylation sites (N-methyl/N-ethyl adjacent to an activating group) is 1. The summed E-state index contributed by atoms with van der Waals surface area (Å²) >= 11 is 1.60. The molecule has 1 saturated heterocycles. The minimum Gasteiger partial charge on any atom is -0.363 e. The topological polar surface area (TPSA) is 83.5 Å². The highest BCUT2D eigenvalue weighted by Gasteiger charge is 2.29. The van der Waals surface area contributed by atoms with Crippen LogP contribution in [0.15, 0.2) is 53.6 Å². The molecule has 0 bridgehead atoms. The molecule has 0 spiro atoms. The largest absolute Gasteiger partial charge is 0.363 e. The number of rotatable bonds is 15. The standard InChI is InChI=1S/C28H43N7S.C7H14.C5H12.C2H6/c1-19-11-12-25(33-36-7)23(15-19)22(4)34-13-9-8-10-27(34)26-16-28(31-6)35(32-26)18-20(2)14-21(3)24(29)17-30-5;1-4-5-6-7(2)3;1-4-5(2)3;1-2/h11-12,15-16,18,21,24,27,30,33H,4,6,8-10,13-14,17,29H2,1-3,5,7H3;5-7H,4H2,1-3H3;5H,4H2,1-3H3;1-2H3/b20-18-;;;. The Morgan fingerprint density at radius 2 is 1.80 bits per heavy atom. The molecule has 1 fully saturated rings. The van der Waals surface area contributed by atoms with E-state index in [9.17, 15) is 0 Å². The van der Waals surface area contributed by atoms with Crippen LogP contribution in [0.25, 0.3) is 11.9 Å². The predicted molar refractivity (Wildman–Crippen MR) is 228 cm³/mol. The summed E-state index contributed by atoms with van der Waals surface area (Å²) in [5.74, 6) is 2.72. The van der Waals surface area contributed by atoms with E-state index < -0.39 is 0 Å². The zero-order valence-electron chi connectivity index (χ0n) is 34.3. The first-order valence-corrected chi connectivity index (χ1v) is 20.2. The maximum Gasteiger partial charge on any atom is 0.154 e. The lowest BCUT2D eigenvalue weighted by Gasteiger charge is -2.38. The normalized spacial score (nSPS) is 15.7. The van der Waals surface area contributed by atoms with Crippen molar-refractivity contribution in [1.82, 2.24) is 20.0 Å². The van der Waals surface area contributed by atoms with Gasteiger partial charge in [-0.3, -0.25) is 0 Å². The first-order valence-electron chi connectivity index (χ1n) is 19.0. The fourth-order valence-electron chi connectivity index (χ4n) is 5.36. The van der Waals surface area contributed by atoms with E-state index in [1.165, 1.54) is 17.6 Å². The van der Waals surface area contributed by atoms with Gasteiger partial charge in [0.2, 0.25) is 0 Å². The van der Waals surface area contributed by atoms with Crippen molar-refractivity contribution < 1.29 is 0 Å². The lowest BCUT2D eigenvalue weighted by Crippen LogP contribution is -2.37. The first kappa shape index (κ1) is 47.2. The van der Waals surface area contributed by atoms with Gasteiger partial charge in [0.05, 0.1) is 17.4 Å². The fourth-order valence-corrected chi connectivity index (χ4v) is 5.76. The number of nitrogens with two attached hydrogens (primary N) is 1. The van der Waals surface area contributed by atoms with Gasteiger partial charge >= 0.3 is 0 Å². The van der Waals surface area contributed by atoms with Crippen LogP contribution in [0.3, 0.4) is 0 Å². The number of anilines is 1. The number of likely N-dealkylation sites (tertiary alicyclic amines) is 1. The molecule has 0 saturated carbocycles. The molecule has 3 atom stereocenters. The smallest absolute Gasteiger partial charge is 0.154 e. The summed E-state index contributed by atoms with van der Waals surface area (Å²) in [7, 11) is 1.94. The van der Waals surface area contributed by atoms with E-state index >= 15 is 0 Å². The van der Waals surface area contributed by atoms with Crippen molar-refractivity contribution in [3.05, 3.63) is 65.4 Å². The highest BCUT2D eigenvalue weighted by Crippen LogP contribution is 2.39.